The number of rotatable bonds is 6. The number of para-hydroxylation sites is 2. The summed E-state index contributed by atoms with van der Waals surface area (Å²) < 4.78 is 7.28. The van der Waals surface area contributed by atoms with E-state index in [2.05, 4.69) is 25.4 Å². The van der Waals surface area contributed by atoms with E-state index in [9.17, 15) is 4.79 Å². The molecule has 4 rings (SSSR count). The monoisotopic (exact) mass is 362 g/mol. The van der Waals surface area contributed by atoms with Crippen molar-refractivity contribution < 1.29 is 9.32 Å². The molecule has 0 fully saturated rings. The topological polar surface area (TPSA) is 98.7 Å². The Morgan fingerprint density at radius 3 is 3.00 bits per heavy atom. The number of imidazole rings is 1. The molecule has 3 aromatic heterocycles. The summed E-state index contributed by atoms with van der Waals surface area (Å²) in [5, 5.41) is 6.79. The minimum atomic E-state index is -0.281. The summed E-state index contributed by atoms with van der Waals surface area (Å²) in [6.45, 7) is 2.36. The Morgan fingerprint density at radius 2 is 2.15 bits per heavy atom. The molecule has 1 unspecified atom stereocenters. The summed E-state index contributed by atoms with van der Waals surface area (Å²) in [5.41, 5.74) is 2.98. The lowest BCUT2D eigenvalue weighted by atomic mass is 10.2. The van der Waals surface area contributed by atoms with E-state index in [1.165, 1.54) is 0 Å². The number of nitrogens with one attached hydrogen (secondary N) is 1. The Bertz CT molecular complexity index is 1060. The summed E-state index contributed by atoms with van der Waals surface area (Å²) in [6.07, 6.45) is 7.27. The van der Waals surface area contributed by atoms with Crippen LogP contribution in [0.25, 0.3) is 11.0 Å². The van der Waals surface area contributed by atoms with Crippen molar-refractivity contribution in [1.29, 1.82) is 0 Å². The van der Waals surface area contributed by atoms with Crippen molar-refractivity contribution in [2.45, 2.75) is 25.9 Å². The summed E-state index contributed by atoms with van der Waals surface area (Å²) in [7, 11) is 0. The van der Waals surface area contributed by atoms with Gasteiger partial charge in [-0.05, 0) is 19.1 Å². The first-order valence-corrected chi connectivity index (χ1v) is 8.60. The molecule has 136 valence electrons. The second kappa shape index (κ2) is 7.36. The van der Waals surface area contributed by atoms with Crippen LogP contribution in [0.1, 0.15) is 28.9 Å². The summed E-state index contributed by atoms with van der Waals surface area (Å²) in [5.74, 6) is 0.307. The second-order valence-corrected chi connectivity index (χ2v) is 6.32. The van der Waals surface area contributed by atoms with Crippen LogP contribution in [-0.4, -0.2) is 36.6 Å². The number of aromatic nitrogens is 5. The third kappa shape index (κ3) is 3.84. The zero-order valence-electron chi connectivity index (χ0n) is 14.7. The Balaban J connectivity index is 1.40. The third-order valence-electron chi connectivity index (χ3n) is 4.15. The van der Waals surface area contributed by atoms with E-state index in [-0.39, 0.29) is 17.6 Å². The van der Waals surface area contributed by atoms with E-state index in [1.54, 1.807) is 31.0 Å². The van der Waals surface area contributed by atoms with Gasteiger partial charge in [0.05, 0.1) is 29.6 Å². The van der Waals surface area contributed by atoms with Gasteiger partial charge in [-0.25, -0.2) is 4.98 Å². The van der Waals surface area contributed by atoms with Crippen molar-refractivity contribution in [3.8, 4) is 0 Å². The van der Waals surface area contributed by atoms with Crippen LogP contribution >= 0.6 is 0 Å². The van der Waals surface area contributed by atoms with Crippen LogP contribution in [0.3, 0.4) is 0 Å². The van der Waals surface area contributed by atoms with E-state index >= 15 is 0 Å². The minimum absolute atomic E-state index is 0.105. The molecule has 0 aliphatic heterocycles. The van der Waals surface area contributed by atoms with Gasteiger partial charge in [0.25, 0.3) is 5.91 Å². The van der Waals surface area contributed by atoms with Gasteiger partial charge in [-0.15, -0.1) is 0 Å². The van der Waals surface area contributed by atoms with Crippen molar-refractivity contribution in [2.24, 2.45) is 0 Å². The molecule has 0 aliphatic rings. The second-order valence-electron chi connectivity index (χ2n) is 6.32. The number of fused-ring (bicyclic) bond motifs is 1. The van der Waals surface area contributed by atoms with Crippen LogP contribution in [-0.2, 0) is 13.0 Å². The van der Waals surface area contributed by atoms with Crippen LogP contribution in [0, 0.1) is 0 Å². The van der Waals surface area contributed by atoms with E-state index in [0.717, 1.165) is 16.7 Å². The quantitative estimate of drug-likeness (QED) is 0.565. The number of benzene rings is 1. The fourth-order valence-corrected chi connectivity index (χ4v) is 2.90. The van der Waals surface area contributed by atoms with Crippen LogP contribution in [0.5, 0.6) is 0 Å². The first kappa shape index (κ1) is 16.9. The fourth-order valence-electron chi connectivity index (χ4n) is 2.90. The molecule has 0 spiro atoms. The van der Waals surface area contributed by atoms with Crippen molar-refractivity contribution >= 4 is 16.9 Å². The molecule has 1 N–H and O–H groups in total. The predicted molar refractivity (Wildman–Crippen MR) is 98.0 cm³/mol. The molecule has 27 heavy (non-hydrogen) atoms. The van der Waals surface area contributed by atoms with Gasteiger partial charge in [0.15, 0.2) is 11.5 Å². The van der Waals surface area contributed by atoms with Crippen molar-refractivity contribution in [3.05, 3.63) is 72.4 Å². The van der Waals surface area contributed by atoms with Gasteiger partial charge in [0.2, 0.25) is 0 Å². The number of nitrogens with zero attached hydrogens (tertiary/aromatic N) is 5. The molecule has 8 nitrogen and oxygen atoms in total. The molecule has 3 heterocycles. The maximum Gasteiger partial charge on any atom is 0.273 e. The average Bonchev–Trinajstić information content (AvgIpc) is 3.30. The number of amides is 1. The highest BCUT2D eigenvalue weighted by atomic mass is 16.5. The van der Waals surface area contributed by atoms with Gasteiger partial charge in [0.1, 0.15) is 0 Å². The highest BCUT2D eigenvalue weighted by molar-refractivity contribution is 5.92. The van der Waals surface area contributed by atoms with E-state index < -0.39 is 0 Å². The zero-order chi connectivity index (χ0) is 18.6. The molecule has 1 atom stereocenters. The molecule has 0 bridgehead atoms. The van der Waals surface area contributed by atoms with Gasteiger partial charge in [-0.1, -0.05) is 17.3 Å². The van der Waals surface area contributed by atoms with Gasteiger partial charge in [-0.2, -0.15) is 0 Å². The third-order valence-corrected chi connectivity index (χ3v) is 4.15. The standard InChI is InChI=1S/C19H18N6O2/c1-13(8-14-10-20-6-7-21-14)23-19(26)17-9-15(27-24-17)11-25-12-22-16-4-2-3-5-18(16)25/h2-7,9-10,12-13H,8,11H2,1H3,(H,23,26). The Labute approximate surface area is 155 Å². The SMILES string of the molecule is CC(Cc1cnccn1)NC(=O)c1cc(Cn2cnc3ccccc32)on1. The maximum absolute atomic E-state index is 12.4. The van der Waals surface area contributed by atoms with Gasteiger partial charge in [-0.3, -0.25) is 14.8 Å². The number of carbonyl (C=O) groups is 1. The van der Waals surface area contributed by atoms with Gasteiger partial charge >= 0.3 is 0 Å². The molecule has 0 radical (unpaired) electrons. The Kier molecular flexibility index (Phi) is 4.61. The van der Waals surface area contributed by atoms with E-state index in [4.69, 9.17) is 4.52 Å². The van der Waals surface area contributed by atoms with Crippen LogP contribution < -0.4 is 5.32 Å². The largest absolute Gasteiger partial charge is 0.359 e. The van der Waals surface area contributed by atoms with Crippen LogP contribution in [0.4, 0.5) is 0 Å². The Hall–Kier alpha value is -3.55. The molecule has 8 heteroatoms. The molecule has 0 saturated heterocycles. The number of hydrogen-bond donors (Lipinski definition) is 1. The molecule has 0 saturated carbocycles. The molecule has 1 aromatic carbocycles. The Morgan fingerprint density at radius 1 is 1.26 bits per heavy atom. The van der Waals surface area contributed by atoms with Crippen molar-refractivity contribution in [1.82, 2.24) is 30.0 Å². The van der Waals surface area contributed by atoms with Crippen LogP contribution in [0.15, 0.2) is 59.8 Å². The lowest BCUT2D eigenvalue weighted by Gasteiger charge is -2.11. The van der Waals surface area contributed by atoms with Gasteiger partial charge < -0.3 is 14.4 Å². The highest BCUT2D eigenvalue weighted by Gasteiger charge is 2.16. The smallest absolute Gasteiger partial charge is 0.273 e. The summed E-state index contributed by atoms with van der Waals surface area (Å²) >= 11 is 0. The summed E-state index contributed by atoms with van der Waals surface area (Å²) in [6, 6.07) is 9.38. The minimum Gasteiger partial charge on any atom is -0.359 e. The molecule has 4 aromatic rings. The number of carbonyl (C=O) groups excluding carboxylic acids is 1. The van der Waals surface area contributed by atoms with Crippen molar-refractivity contribution in [3.63, 3.8) is 0 Å². The molecular weight excluding hydrogens is 344 g/mol. The maximum atomic E-state index is 12.4. The van der Waals surface area contributed by atoms with Gasteiger partial charge in [0, 0.05) is 37.1 Å². The summed E-state index contributed by atoms with van der Waals surface area (Å²) in [4.78, 5) is 25.0. The number of hydrogen-bond acceptors (Lipinski definition) is 6. The van der Waals surface area contributed by atoms with E-state index in [0.29, 0.717) is 18.7 Å². The first-order chi connectivity index (χ1) is 13.2. The first-order valence-electron chi connectivity index (χ1n) is 8.60. The normalized spacial score (nSPS) is 12.2. The fraction of sp³-hybridized carbons (Fsp3) is 0.211. The van der Waals surface area contributed by atoms with E-state index in [1.807, 2.05) is 35.8 Å². The van der Waals surface area contributed by atoms with Crippen molar-refractivity contribution in [2.75, 3.05) is 0 Å². The highest BCUT2D eigenvalue weighted by Crippen LogP contribution is 2.14. The lowest BCUT2D eigenvalue weighted by Crippen LogP contribution is -2.34. The zero-order valence-corrected chi connectivity index (χ0v) is 14.7. The molecule has 1 amide bonds. The predicted octanol–water partition coefficient (Wildman–Crippen LogP) is 2.22. The molecular formula is C19H18N6O2. The molecule has 0 aliphatic carbocycles. The van der Waals surface area contributed by atoms with Crippen LogP contribution in [0.2, 0.25) is 0 Å². The average molecular weight is 362 g/mol. The lowest BCUT2D eigenvalue weighted by molar-refractivity contribution is 0.0930.